The van der Waals surface area contributed by atoms with Gasteiger partial charge < -0.3 is 5.11 Å². The van der Waals surface area contributed by atoms with Crippen LogP contribution in [0.3, 0.4) is 0 Å². The highest BCUT2D eigenvalue weighted by atomic mass is 35.7. The quantitative estimate of drug-likeness (QED) is 0.764. The van der Waals surface area contributed by atoms with Gasteiger partial charge >= 0.3 is 5.97 Å². The van der Waals surface area contributed by atoms with E-state index in [4.69, 9.17) is 15.8 Å². The molecular formula is C9H13ClO4S. The van der Waals surface area contributed by atoms with Crippen LogP contribution >= 0.6 is 10.7 Å². The second kappa shape index (κ2) is 3.79. The van der Waals surface area contributed by atoms with E-state index in [-0.39, 0.29) is 16.9 Å². The van der Waals surface area contributed by atoms with Gasteiger partial charge in [-0.05, 0) is 24.7 Å². The standard InChI is InChI=1S/C9H13ClO4S/c1-9(2)5-3-4-6(15(10,13)14)7(9)8(11)12/h3-5H2,1-2H3,(H,11,12). The Labute approximate surface area is 93.4 Å². The fraction of sp³-hybridized carbons (Fsp3) is 0.667. The minimum atomic E-state index is -3.92. The van der Waals surface area contributed by atoms with Crippen molar-refractivity contribution in [3.05, 3.63) is 10.5 Å². The molecule has 0 atom stereocenters. The van der Waals surface area contributed by atoms with Gasteiger partial charge in [0.25, 0.3) is 9.05 Å². The zero-order chi connectivity index (χ0) is 11.9. The number of hydrogen-bond acceptors (Lipinski definition) is 3. The number of aliphatic carboxylic acids is 1. The molecule has 0 saturated heterocycles. The smallest absolute Gasteiger partial charge is 0.333 e. The van der Waals surface area contributed by atoms with E-state index in [0.29, 0.717) is 12.8 Å². The molecule has 0 unspecified atom stereocenters. The van der Waals surface area contributed by atoms with Gasteiger partial charge in [0.1, 0.15) is 0 Å². The molecule has 1 rings (SSSR count). The van der Waals surface area contributed by atoms with E-state index in [0.717, 1.165) is 0 Å². The number of hydrogen-bond donors (Lipinski definition) is 1. The SMILES string of the molecule is CC1(C)CCCC(S(=O)(=O)Cl)=C1C(=O)O. The Morgan fingerprint density at radius 3 is 2.33 bits per heavy atom. The highest BCUT2D eigenvalue weighted by Gasteiger charge is 2.38. The number of halogens is 1. The van der Waals surface area contributed by atoms with Crippen LogP contribution in [0.15, 0.2) is 10.5 Å². The molecule has 1 N–H and O–H groups in total. The highest BCUT2D eigenvalue weighted by Crippen LogP contribution is 2.42. The van der Waals surface area contributed by atoms with Gasteiger partial charge in [0.2, 0.25) is 0 Å². The summed E-state index contributed by atoms with van der Waals surface area (Å²) in [5, 5.41) is 9.03. The third-order valence-electron chi connectivity index (χ3n) is 2.67. The molecule has 0 saturated carbocycles. The lowest BCUT2D eigenvalue weighted by atomic mass is 9.75. The molecule has 0 aromatic rings. The monoisotopic (exact) mass is 252 g/mol. The van der Waals surface area contributed by atoms with Gasteiger partial charge in [-0.25, -0.2) is 13.2 Å². The minimum absolute atomic E-state index is 0.0660. The Kier molecular flexibility index (Phi) is 3.16. The van der Waals surface area contributed by atoms with Crippen molar-refractivity contribution in [2.45, 2.75) is 33.1 Å². The Bertz CT molecular complexity index is 419. The van der Waals surface area contributed by atoms with E-state index in [2.05, 4.69) is 0 Å². The average molecular weight is 253 g/mol. The minimum Gasteiger partial charge on any atom is -0.478 e. The van der Waals surface area contributed by atoms with Crippen LogP contribution in [0, 0.1) is 5.41 Å². The zero-order valence-electron chi connectivity index (χ0n) is 8.58. The molecule has 0 spiro atoms. The first kappa shape index (κ1) is 12.5. The molecule has 15 heavy (non-hydrogen) atoms. The fourth-order valence-electron chi connectivity index (χ4n) is 1.97. The molecule has 0 aliphatic heterocycles. The lowest BCUT2D eigenvalue weighted by Crippen LogP contribution is -2.28. The van der Waals surface area contributed by atoms with Crippen molar-refractivity contribution in [3.63, 3.8) is 0 Å². The molecule has 0 aromatic heterocycles. The Hall–Kier alpha value is -0.550. The van der Waals surface area contributed by atoms with E-state index in [1.165, 1.54) is 0 Å². The van der Waals surface area contributed by atoms with Crippen molar-refractivity contribution in [1.29, 1.82) is 0 Å². The van der Waals surface area contributed by atoms with Crippen molar-refractivity contribution >= 4 is 25.7 Å². The summed E-state index contributed by atoms with van der Waals surface area (Å²) in [7, 11) is 1.31. The first-order valence-electron chi connectivity index (χ1n) is 4.58. The van der Waals surface area contributed by atoms with Crippen LogP contribution < -0.4 is 0 Å². The van der Waals surface area contributed by atoms with E-state index >= 15 is 0 Å². The maximum atomic E-state index is 11.2. The Balaban J connectivity index is 3.46. The number of allylic oxidation sites excluding steroid dienone is 1. The van der Waals surface area contributed by atoms with Gasteiger partial charge in [-0.1, -0.05) is 13.8 Å². The lowest BCUT2D eigenvalue weighted by Gasteiger charge is -2.31. The molecule has 86 valence electrons. The second-order valence-electron chi connectivity index (χ2n) is 4.28. The molecule has 0 radical (unpaired) electrons. The molecule has 0 aromatic carbocycles. The number of rotatable bonds is 2. The van der Waals surface area contributed by atoms with Crippen molar-refractivity contribution in [2.24, 2.45) is 5.41 Å². The summed E-state index contributed by atoms with van der Waals surface area (Å²) in [5.74, 6) is -1.20. The molecule has 0 amide bonds. The van der Waals surface area contributed by atoms with Crippen LogP contribution in [0.25, 0.3) is 0 Å². The molecule has 1 aliphatic carbocycles. The number of carboxylic acid groups (broad SMARTS) is 1. The third kappa shape index (κ3) is 2.52. The third-order valence-corrected chi connectivity index (χ3v) is 4.23. The molecule has 0 fully saturated rings. The summed E-state index contributed by atoms with van der Waals surface area (Å²) >= 11 is 0. The van der Waals surface area contributed by atoms with Crippen LogP contribution in [0.2, 0.25) is 0 Å². The van der Waals surface area contributed by atoms with Gasteiger partial charge in [0.05, 0.1) is 10.5 Å². The molecule has 6 heteroatoms. The topological polar surface area (TPSA) is 71.4 Å². The van der Waals surface area contributed by atoms with Crippen molar-refractivity contribution in [1.82, 2.24) is 0 Å². The van der Waals surface area contributed by atoms with Gasteiger partial charge in [-0.15, -0.1) is 0 Å². The maximum absolute atomic E-state index is 11.2. The zero-order valence-corrected chi connectivity index (χ0v) is 10.2. The van der Waals surface area contributed by atoms with E-state index in [1.807, 2.05) is 0 Å². The number of carboxylic acids is 1. The molecule has 0 heterocycles. The first-order chi connectivity index (χ1) is 6.66. The van der Waals surface area contributed by atoms with Crippen LogP contribution in [0.4, 0.5) is 0 Å². The van der Waals surface area contributed by atoms with Crippen molar-refractivity contribution < 1.29 is 18.3 Å². The lowest BCUT2D eigenvalue weighted by molar-refractivity contribution is -0.134. The predicted molar refractivity (Wildman–Crippen MR) is 57.1 cm³/mol. The van der Waals surface area contributed by atoms with E-state index in [9.17, 15) is 13.2 Å². The summed E-state index contributed by atoms with van der Waals surface area (Å²) in [6.45, 7) is 3.44. The summed E-state index contributed by atoms with van der Waals surface area (Å²) in [6, 6.07) is 0. The Morgan fingerprint density at radius 2 is 2.00 bits per heavy atom. The largest absolute Gasteiger partial charge is 0.478 e. The Morgan fingerprint density at radius 1 is 1.47 bits per heavy atom. The summed E-state index contributed by atoms with van der Waals surface area (Å²) < 4.78 is 22.5. The first-order valence-corrected chi connectivity index (χ1v) is 6.89. The summed E-state index contributed by atoms with van der Waals surface area (Å²) in [6.07, 6.45) is 1.52. The maximum Gasteiger partial charge on any atom is 0.333 e. The van der Waals surface area contributed by atoms with Gasteiger partial charge in [0.15, 0.2) is 0 Å². The molecule has 1 aliphatic rings. The molecular weight excluding hydrogens is 240 g/mol. The van der Waals surface area contributed by atoms with Crippen molar-refractivity contribution in [2.75, 3.05) is 0 Å². The summed E-state index contributed by atoms with van der Waals surface area (Å²) in [4.78, 5) is 10.9. The molecule has 0 bridgehead atoms. The van der Waals surface area contributed by atoms with Crippen LogP contribution in [-0.2, 0) is 13.8 Å². The van der Waals surface area contributed by atoms with Gasteiger partial charge in [-0.3, -0.25) is 0 Å². The van der Waals surface area contributed by atoms with E-state index < -0.39 is 20.4 Å². The van der Waals surface area contributed by atoms with Crippen LogP contribution in [0.1, 0.15) is 33.1 Å². The van der Waals surface area contributed by atoms with Gasteiger partial charge in [0, 0.05) is 10.7 Å². The molecule has 4 nitrogen and oxygen atoms in total. The van der Waals surface area contributed by atoms with Crippen LogP contribution in [0.5, 0.6) is 0 Å². The second-order valence-corrected chi connectivity index (χ2v) is 6.87. The van der Waals surface area contributed by atoms with Crippen molar-refractivity contribution in [3.8, 4) is 0 Å². The van der Waals surface area contributed by atoms with Crippen LogP contribution in [-0.4, -0.2) is 19.5 Å². The highest BCUT2D eigenvalue weighted by molar-refractivity contribution is 8.16. The van der Waals surface area contributed by atoms with E-state index in [1.54, 1.807) is 13.8 Å². The normalized spacial score (nSPS) is 21.5. The average Bonchev–Trinajstić information content (AvgIpc) is 1.99. The van der Waals surface area contributed by atoms with Gasteiger partial charge in [-0.2, -0.15) is 0 Å². The summed E-state index contributed by atoms with van der Waals surface area (Å²) in [5.41, 5.74) is -0.703. The fourth-order valence-corrected chi connectivity index (χ4v) is 3.43. The predicted octanol–water partition coefficient (Wildman–Crippen LogP) is 2.10. The number of carbonyl (C=O) groups is 1.